The topological polar surface area (TPSA) is 48.3 Å². The average molecular weight is 573 g/mol. The van der Waals surface area contributed by atoms with Crippen LogP contribution in [-0.2, 0) is 9.79 Å². The van der Waals surface area contributed by atoms with Crippen molar-refractivity contribution < 1.29 is 4.79 Å². The van der Waals surface area contributed by atoms with Gasteiger partial charge in [0.1, 0.15) is 0 Å². The van der Waals surface area contributed by atoms with Gasteiger partial charge in [0.25, 0.3) is 0 Å². The van der Waals surface area contributed by atoms with Crippen LogP contribution in [0.2, 0.25) is 5.02 Å². The van der Waals surface area contributed by atoms with E-state index in [4.69, 9.17) is 21.8 Å². The van der Waals surface area contributed by atoms with Crippen LogP contribution in [0.5, 0.6) is 0 Å². The van der Waals surface area contributed by atoms with Crippen LogP contribution in [0.1, 0.15) is 29.2 Å². The molecule has 200 valence electrons. The summed E-state index contributed by atoms with van der Waals surface area (Å²) in [6.45, 7) is 3.53. The first kappa shape index (κ1) is 25.6. The summed E-state index contributed by atoms with van der Waals surface area (Å²) in [5.41, 5.74) is 6.40. The molecular formula is C34H25ClN4OS. The molecule has 0 bridgehead atoms. The van der Waals surface area contributed by atoms with Gasteiger partial charge in [0.15, 0.2) is 10.8 Å². The van der Waals surface area contributed by atoms with Crippen molar-refractivity contribution in [2.45, 2.75) is 18.8 Å². The molecule has 0 amide bonds. The molecule has 0 aromatic heterocycles. The lowest BCUT2D eigenvalue weighted by atomic mass is 9.90. The summed E-state index contributed by atoms with van der Waals surface area (Å²) < 4.78 is 0. The number of halogens is 1. The monoisotopic (exact) mass is 572 g/mol. The number of ketones is 1. The minimum atomic E-state index is -1.03. The van der Waals surface area contributed by atoms with E-state index >= 15 is 0 Å². The standard InChI is InChI=1S/C34H25ClN4OS/c1-22-30(35)20-11-21-31(22)39-34(41-33(37-39)23(2)40)29-19-9-8-17-28(29)32(36-38(34)25-14-4-3-5-15-25)27-18-10-13-24-12-6-7-16-26(24)27/h3-21H,1-2H3/t34-/m1/s1. The molecule has 1 spiro atoms. The van der Waals surface area contributed by atoms with Crippen LogP contribution < -0.4 is 10.0 Å². The van der Waals surface area contributed by atoms with Crippen LogP contribution in [0.4, 0.5) is 11.4 Å². The molecule has 7 rings (SSSR count). The first-order valence-corrected chi connectivity index (χ1v) is 14.5. The normalized spacial score (nSPS) is 17.9. The van der Waals surface area contributed by atoms with Gasteiger partial charge in [0.05, 0.1) is 17.1 Å². The van der Waals surface area contributed by atoms with E-state index in [0.29, 0.717) is 10.1 Å². The highest BCUT2D eigenvalue weighted by molar-refractivity contribution is 8.17. The Kier molecular flexibility index (Phi) is 6.18. The fourth-order valence-electron chi connectivity index (χ4n) is 5.59. The molecular weight excluding hydrogens is 548 g/mol. The molecule has 0 N–H and O–H groups in total. The van der Waals surface area contributed by atoms with E-state index in [2.05, 4.69) is 54.6 Å². The number of fused-ring (bicyclic) bond motifs is 3. The van der Waals surface area contributed by atoms with Crippen LogP contribution >= 0.6 is 23.4 Å². The van der Waals surface area contributed by atoms with E-state index < -0.39 is 4.99 Å². The second-order valence-corrected chi connectivity index (χ2v) is 11.6. The van der Waals surface area contributed by atoms with Crippen molar-refractivity contribution in [1.29, 1.82) is 0 Å². The Bertz CT molecular complexity index is 1900. The number of Topliss-reactive ketones (excluding diaryl/α,β-unsaturated/α-hetero) is 1. The molecule has 0 radical (unpaired) electrons. The molecule has 5 nitrogen and oxygen atoms in total. The molecule has 5 aromatic carbocycles. The van der Waals surface area contributed by atoms with Crippen LogP contribution in [0.3, 0.4) is 0 Å². The number of carbonyl (C=O) groups excluding carboxylic acids is 1. The zero-order valence-corrected chi connectivity index (χ0v) is 24.0. The van der Waals surface area contributed by atoms with Crippen LogP contribution in [0, 0.1) is 6.92 Å². The van der Waals surface area contributed by atoms with E-state index in [1.807, 2.05) is 77.6 Å². The van der Waals surface area contributed by atoms with Gasteiger partial charge in [-0.05, 0) is 59.3 Å². The minimum Gasteiger partial charge on any atom is -0.292 e. The maximum absolute atomic E-state index is 12.9. The lowest BCUT2D eigenvalue weighted by Gasteiger charge is -2.47. The summed E-state index contributed by atoms with van der Waals surface area (Å²) in [4.78, 5) is 11.9. The van der Waals surface area contributed by atoms with Crippen molar-refractivity contribution in [2.75, 3.05) is 10.0 Å². The summed E-state index contributed by atoms with van der Waals surface area (Å²) in [5, 5.41) is 17.6. The Balaban J connectivity index is 1.57. The van der Waals surface area contributed by atoms with Crippen LogP contribution in [0.25, 0.3) is 10.8 Å². The van der Waals surface area contributed by atoms with Gasteiger partial charge in [-0.1, -0.05) is 103 Å². The summed E-state index contributed by atoms with van der Waals surface area (Å²) in [6.07, 6.45) is 0. The largest absolute Gasteiger partial charge is 0.292 e. The number of para-hydroxylation sites is 1. The van der Waals surface area contributed by atoms with Gasteiger partial charge in [-0.25, -0.2) is 10.0 Å². The Morgan fingerprint density at radius 2 is 1.44 bits per heavy atom. The molecule has 2 aliphatic heterocycles. The second kappa shape index (κ2) is 9.91. The highest BCUT2D eigenvalue weighted by Crippen LogP contribution is 2.55. The molecule has 2 heterocycles. The zero-order valence-electron chi connectivity index (χ0n) is 22.5. The lowest BCUT2D eigenvalue weighted by Crippen LogP contribution is -2.54. The van der Waals surface area contributed by atoms with Gasteiger partial charge in [-0.3, -0.25) is 4.79 Å². The third-order valence-electron chi connectivity index (χ3n) is 7.55. The SMILES string of the molecule is CC(=O)C1=NN(c2cccc(Cl)c2C)[C@@]2(S1)c1ccccc1C(c1cccc3ccccc13)=NN2c1ccccc1. The molecule has 2 aliphatic rings. The maximum Gasteiger partial charge on any atom is 0.234 e. The van der Waals surface area contributed by atoms with E-state index in [9.17, 15) is 4.79 Å². The predicted octanol–water partition coefficient (Wildman–Crippen LogP) is 8.34. The number of hydrogen-bond donors (Lipinski definition) is 0. The van der Waals surface area contributed by atoms with Crippen molar-refractivity contribution in [3.05, 3.63) is 143 Å². The van der Waals surface area contributed by atoms with Gasteiger partial charge in [0.2, 0.25) is 4.99 Å². The van der Waals surface area contributed by atoms with E-state index in [1.54, 1.807) is 6.92 Å². The smallest absolute Gasteiger partial charge is 0.234 e. The van der Waals surface area contributed by atoms with Gasteiger partial charge >= 0.3 is 0 Å². The fraction of sp³-hybridized carbons (Fsp3) is 0.0882. The molecule has 41 heavy (non-hydrogen) atoms. The first-order valence-electron chi connectivity index (χ1n) is 13.3. The number of hydrogen-bond acceptors (Lipinski definition) is 6. The fourth-order valence-corrected chi connectivity index (χ4v) is 7.04. The highest BCUT2D eigenvalue weighted by Gasteiger charge is 2.56. The van der Waals surface area contributed by atoms with Crippen molar-refractivity contribution in [3.63, 3.8) is 0 Å². The number of hydrazone groups is 2. The van der Waals surface area contributed by atoms with E-state index in [0.717, 1.165) is 50.1 Å². The number of thioether (sulfide) groups is 1. The van der Waals surface area contributed by atoms with Crippen molar-refractivity contribution >= 4 is 62.0 Å². The summed E-state index contributed by atoms with van der Waals surface area (Å²) >= 11 is 8.05. The van der Waals surface area contributed by atoms with Crippen LogP contribution in [-0.4, -0.2) is 16.5 Å². The summed E-state index contributed by atoms with van der Waals surface area (Å²) in [6, 6.07) is 38.8. The molecule has 5 aromatic rings. The summed E-state index contributed by atoms with van der Waals surface area (Å²) in [5.74, 6) is -0.106. The molecule has 1 atom stereocenters. The molecule has 0 saturated heterocycles. The Labute approximate surface area is 247 Å². The first-order chi connectivity index (χ1) is 20.0. The molecule has 0 fully saturated rings. The number of rotatable bonds is 4. The quantitative estimate of drug-likeness (QED) is 0.217. The van der Waals surface area contributed by atoms with E-state index in [-0.39, 0.29) is 5.78 Å². The third-order valence-corrected chi connectivity index (χ3v) is 9.37. The second-order valence-electron chi connectivity index (χ2n) is 10.0. The Morgan fingerprint density at radius 3 is 2.27 bits per heavy atom. The minimum absolute atomic E-state index is 0.106. The van der Waals surface area contributed by atoms with Crippen molar-refractivity contribution in [3.8, 4) is 0 Å². The van der Waals surface area contributed by atoms with Gasteiger partial charge in [-0.2, -0.15) is 10.2 Å². The average Bonchev–Trinajstić information content (AvgIpc) is 3.40. The zero-order chi connectivity index (χ0) is 28.1. The molecule has 0 aliphatic carbocycles. The third kappa shape index (κ3) is 3.97. The van der Waals surface area contributed by atoms with Crippen molar-refractivity contribution in [1.82, 2.24) is 0 Å². The number of benzene rings is 5. The highest BCUT2D eigenvalue weighted by atomic mass is 35.5. The van der Waals surface area contributed by atoms with Gasteiger partial charge in [-0.15, -0.1) is 0 Å². The van der Waals surface area contributed by atoms with Gasteiger partial charge in [0, 0.05) is 28.6 Å². The number of anilines is 2. The molecule has 0 unspecified atom stereocenters. The van der Waals surface area contributed by atoms with Gasteiger partial charge < -0.3 is 0 Å². The number of carbonyl (C=O) groups is 1. The molecule has 7 heteroatoms. The maximum atomic E-state index is 12.9. The van der Waals surface area contributed by atoms with Crippen molar-refractivity contribution in [2.24, 2.45) is 10.2 Å². The van der Waals surface area contributed by atoms with Crippen LogP contribution in [0.15, 0.2) is 125 Å². The Hall–Kier alpha value is -4.39. The number of nitrogens with zero attached hydrogens (tertiary/aromatic N) is 4. The lowest BCUT2D eigenvalue weighted by molar-refractivity contribution is -0.110. The van der Waals surface area contributed by atoms with E-state index in [1.165, 1.54) is 11.8 Å². The predicted molar refractivity (Wildman–Crippen MR) is 171 cm³/mol. The molecule has 0 saturated carbocycles. The summed E-state index contributed by atoms with van der Waals surface area (Å²) in [7, 11) is 0. The Morgan fingerprint density at radius 1 is 0.756 bits per heavy atom.